The lowest BCUT2D eigenvalue weighted by Gasteiger charge is -2.34. The molecule has 0 spiro atoms. The number of nitrogens with zero attached hydrogens (tertiary/aromatic N) is 2. The fourth-order valence-electron chi connectivity index (χ4n) is 3.86. The second-order valence-corrected chi connectivity index (χ2v) is 9.04. The van der Waals surface area contributed by atoms with E-state index in [0.717, 1.165) is 41.4 Å². The summed E-state index contributed by atoms with van der Waals surface area (Å²) >= 11 is 1.48. The summed E-state index contributed by atoms with van der Waals surface area (Å²) in [6.07, 6.45) is 0. The number of piperazine rings is 1. The van der Waals surface area contributed by atoms with Crippen LogP contribution in [-0.4, -0.2) is 41.9 Å². The Morgan fingerprint density at radius 1 is 0.968 bits per heavy atom. The number of ether oxygens (including phenoxy) is 1. The number of carbonyl (C=O) groups excluding carboxylic acids is 1. The van der Waals surface area contributed by atoms with E-state index in [1.165, 1.54) is 34.6 Å². The lowest BCUT2D eigenvalue weighted by molar-refractivity contribution is 0.0633. The molecule has 1 saturated heterocycles. The Morgan fingerprint density at radius 2 is 1.65 bits per heavy atom. The summed E-state index contributed by atoms with van der Waals surface area (Å²) in [5, 5.41) is 2.00. The molecule has 3 aromatic rings. The van der Waals surface area contributed by atoms with Crippen LogP contribution in [0.5, 0.6) is 5.75 Å². The van der Waals surface area contributed by atoms with E-state index in [-0.39, 0.29) is 11.7 Å². The second kappa shape index (κ2) is 9.62. The smallest absolute Gasteiger partial charge is 0.264 e. The molecule has 0 bridgehead atoms. The van der Waals surface area contributed by atoms with Gasteiger partial charge in [0.05, 0.1) is 4.88 Å². The van der Waals surface area contributed by atoms with E-state index in [0.29, 0.717) is 19.7 Å². The van der Waals surface area contributed by atoms with Crippen LogP contribution in [0.2, 0.25) is 0 Å². The third-order valence-electron chi connectivity index (χ3n) is 5.44. The summed E-state index contributed by atoms with van der Waals surface area (Å²) in [6, 6.07) is 14.7. The van der Waals surface area contributed by atoms with Crippen LogP contribution in [-0.2, 0) is 13.2 Å². The number of amides is 1. The standard InChI is InChI=1S/C25H27FN2O2S/c1-18-11-19(2)13-23(12-18)30-16-21-14-24(31-17-21)25(29)28-9-7-27(8-10-28)15-20-3-5-22(26)6-4-20/h3-6,11-14,17H,7-10,15-16H2,1-2H3. The van der Waals surface area contributed by atoms with Gasteiger partial charge < -0.3 is 9.64 Å². The molecule has 0 saturated carbocycles. The van der Waals surface area contributed by atoms with Crippen molar-refractivity contribution in [2.24, 2.45) is 0 Å². The number of carbonyl (C=O) groups is 1. The minimum absolute atomic E-state index is 0.0871. The highest BCUT2D eigenvalue weighted by atomic mass is 32.1. The normalized spacial score (nSPS) is 14.6. The molecule has 1 amide bonds. The van der Waals surface area contributed by atoms with Gasteiger partial charge in [0.1, 0.15) is 18.2 Å². The maximum atomic E-state index is 13.1. The van der Waals surface area contributed by atoms with Crippen molar-refractivity contribution in [3.05, 3.63) is 86.9 Å². The van der Waals surface area contributed by atoms with E-state index >= 15 is 0 Å². The van der Waals surface area contributed by atoms with Crippen molar-refractivity contribution in [3.63, 3.8) is 0 Å². The average molecular weight is 439 g/mol. The van der Waals surface area contributed by atoms with Crippen molar-refractivity contribution < 1.29 is 13.9 Å². The highest BCUT2D eigenvalue weighted by molar-refractivity contribution is 7.12. The molecule has 2 heterocycles. The molecule has 0 radical (unpaired) electrons. The first-order chi connectivity index (χ1) is 15.0. The van der Waals surface area contributed by atoms with Crippen LogP contribution in [0.4, 0.5) is 4.39 Å². The van der Waals surface area contributed by atoms with E-state index in [1.54, 1.807) is 0 Å². The van der Waals surface area contributed by atoms with Crippen LogP contribution >= 0.6 is 11.3 Å². The molecule has 2 aromatic carbocycles. The van der Waals surface area contributed by atoms with E-state index in [4.69, 9.17) is 4.74 Å². The molecule has 1 aliphatic rings. The van der Waals surface area contributed by atoms with Crippen molar-refractivity contribution in [1.29, 1.82) is 0 Å². The monoisotopic (exact) mass is 438 g/mol. The summed E-state index contributed by atoms with van der Waals surface area (Å²) in [4.78, 5) is 17.9. The number of rotatable bonds is 6. The summed E-state index contributed by atoms with van der Waals surface area (Å²) in [5.74, 6) is 0.729. The summed E-state index contributed by atoms with van der Waals surface area (Å²) in [5.41, 5.74) is 4.46. The topological polar surface area (TPSA) is 32.8 Å². The van der Waals surface area contributed by atoms with Crippen molar-refractivity contribution in [3.8, 4) is 5.75 Å². The SMILES string of the molecule is Cc1cc(C)cc(OCc2csc(C(=O)N3CCN(Cc4ccc(F)cc4)CC3)c2)c1. The minimum atomic E-state index is -0.214. The fourth-order valence-corrected chi connectivity index (χ4v) is 4.72. The molecule has 0 aliphatic carbocycles. The van der Waals surface area contributed by atoms with Crippen LogP contribution in [0.1, 0.15) is 31.9 Å². The van der Waals surface area contributed by atoms with Gasteiger partial charge in [-0.05, 0) is 66.2 Å². The van der Waals surface area contributed by atoms with Gasteiger partial charge in [-0.25, -0.2) is 4.39 Å². The predicted octanol–water partition coefficient (Wildman–Crippen LogP) is 5.04. The van der Waals surface area contributed by atoms with Crippen LogP contribution < -0.4 is 4.74 Å². The molecule has 0 N–H and O–H groups in total. The molecule has 0 atom stereocenters. The third-order valence-corrected chi connectivity index (χ3v) is 6.41. The number of halogens is 1. The number of hydrogen-bond acceptors (Lipinski definition) is 4. The van der Waals surface area contributed by atoms with Gasteiger partial charge in [0.25, 0.3) is 5.91 Å². The number of thiophene rings is 1. The predicted molar refractivity (Wildman–Crippen MR) is 122 cm³/mol. The van der Waals surface area contributed by atoms with Crippen molar-refractivity contribution in [2.45, 2.75) is 27.0 Å². The molecule has 1 aromatic heterocycles. The van der Waals surface area contributed by atoms with Gasteiger partial charge in [-0.1, -0.05) is 18.2 Å². The first kappa shape index (κ1) is 21.5. The molecular weight excluding hydrogens is 411 g/mol. The summed E-state index contributed by atoms with van der Waals surface area (Å²) in [7, 11) is 0. The van der Waals surface area contributed by atoms with Crippen LogP contribution in [0.3, 0.4) is 0 Å². The van der Waals surface area contributed by atoms with Crippen molar-refractivity contribution >= 4 is 17.2 Å². The second-order valence-electron chi connectivity index (χ2n) is 8.13. The van der Waals surface area contributed by atoms with Crippen molar-refractivity contribution in [2.75, 3.05) is 26.2 Å². The Hall–Kier alpha value is -2.70. The number of benzene rings is 2. The number of hydrogen-bond donors (Lipinski definition) is 0. The zero-order chi connectivity index (χ0) is 21.8. The van der Waals surface area contributed by atoms with Gasteiger partial charge >= 0.3 is 0 Å². The molecule has 0 unspecified atom stereocenters. The molecule has 4 rings (SSSR count). The Balaban J connectivity index is 1.28. The van der Waals surface area contributed by atoms with Gasteiger partial charge in [-0.2, -0.15) is 0 Å². The Bertz CT molecular complexity index is 1020. The largest absolute Gasteiger partial charge is 0.489 e. The minimum Gasteiger partial charge on any atom is -0.489 e. The van der Waals surface area contributed by atoms with Gasteiger partial charge in [-0.3, -0.25) is 9.69 Å². The van der Waals surface area contributed by atoms with Crippen LogP contribution in [0.15, 0.2) is 53.9 Å². The lowest BCUT2D eigenvalue weighted by atomic mass is 10.1. The molecular formula is C25H27FN2O2S. The van der Waals surface area contributed by atoms with E-state index in [1.807, 2.05) is 40.6 Å². The molecule has 31 heavy (non-hydrogen) atoms. The Morgan fingerprint density at radius 3 is 2.32 bits per heavy atom. The Labute approximate surface area is 186 Å². The summed E-state index contributed by atoms with van der Waals surface area (Å²) < 4.78 is 19.0. The fraction of sp³-hybridized carbons (Fsp3) is 0.320. The van der Waals surface area contributed by atoms with Gasteiger partial charge in [0, 0.05) is 38.3 Å². The lowest BCUT2D eigenvalue weighted by Crippen LogP contribution is -2.48. The van der Waals surface area contributed by atoms with Gasteiger partial charge in [0.2, 0.25) is 0 Å². The first-order valence-electron chi connectivity index (χ1n) is 10.5. The van der Waals surface area contributed by atoms with E-state index in [9.17, 15) is 9.18 Å². The maximum Gasteiger partial charge on any atom is 0.264 e. The molecule has 162 valence electrons. The zero-order valence-corrected chi connectivity index (χ0v) is 18.8. The Kier molecular flexibility index (Phi) is 6.68. The van der Waals surface area contributed by atoms with E-state index < -0.39 is 0 Å². The highest BCUT2D eigenvalue weighted by Gasteiger charge is 2.23. The highest BCUT2D eigenvalue weighted by Crippen LogP contribution is 2.22. The van der Waals surface area contributed by atoms with Crippen LogP contribution in [0, 0.1) is 19.7 Å². The average Bonchev–Trinajstić information content (AvgIpc) is 3.22. The third kappa shape index (κ3) is 5.71. The van der Waals surface area contributed by atoms with Crippen LogP contribution in [0.25, 0.3) is 0 Å². The molecule has 6 heteroatoms. The number of aryl methyl sites for hydroxylation is 2. The first-order valence-corrected chi connectivity index (χ1v) is 11.4. The van der Waals surface area contributed by atoms with Crippen molar-refractivity contribution in [1.82, 2.24) is 9.80 Å². The molecule has 1 fully saturated rings. The van der Waals surface area contributed by atoms with Gasteiger partial charge in [0.15, 0.2) is 0 Å². The quantitative estimate of drug-likeness (QED) is 0.541. The van der Waals surface area contributed by atoms with Gasteiger partial charge in [-0.15, -0.1) is 11.3 Å². The van der Waals surface area contributed by atoms with E-state index in [2.05, 4.69) is 24.8 Å². The molecule has 1 aliphatic heterocycles. The maximum absolute atomic E-state index is 13.1. The molecule has 4 nitrogen and oxygen atoms in total. The zero-order valence-electron chi connectivity index (χ0n) is 17.9. The summed E-state index contributed by atoms with van der Waals surface area (Å²) in [6.45, 7) is 8.38.